The number of anilines is 1. The second-order valence-electron chi connectivity index (χ2n) is 6.31. The molecule has 2 aromatic carbocycles. The van der Waals surface area contributed by atoms with Crippen molar-refractivity contribution in [3.05, 3.63) is 52.8 Å². The van der Waals surface area contributed by atoms with Gasteiger partial charge in [-0.1, -0.05) is 13.8 Å². The van der Waals surface area contributed by atoms with Gasteiger partial charge in [0, 0.05) is 24.3 Å². The summed E-state index contributed by atoms with van der Waals surface area (Å²) < 4.78 is 45.8. The molecule has 1 amide bonds. The fourth-order valence-electron chi connectivity index (χ4n) is 2.82. The molecular weight excluding hydrogens is 383 g/mol. The molecule has 152 valence electrons. The minimum absolute atomic E-state index is 0.0379. The van der Waals surface area contributed by atoms with Gasteiger partial charge in [0.05, 0.1) is 12.0 Å². The number of hydrogen-bond donors (Lipinski definition) is 1. The molecule has 1 N–H and O–H groups in total. The molecule has 0 spiro atoms. The summed E-state index contributed by atoms with van der Waals surface area (Å²) in [6, 6.07) is 6.91. The summed E-state index contributed by atoms with van der Waals surface area (Å²) in [6.45, 7) is 7.79. The van der Waals surface area contributed by atoms with E-state index in [9.17, 15) is 17.6 Å². The highest BCUT2D eigenvalue weighted by atomic mass is 32.2. The van der Waals surface area contributed by atoms with Gasteiger partial charge in [-0.2, -0.15) is 4.31 Å². The van der Waals surface area contributed by atoms with Crippen molar-refractivity contribution < 1.29 is 22.3 Å². The number of benzene rings is 2. The molecule has 0 saturated heterocycles. The Hall–Kier alpha value is -2.45. The predicted octanol–water partition coefficient (Wildman–Crippen LogP) is 3.73. The third-order valence-electron chi connectivity index (χ3n) is 4.65. The average Bonchev–Trinajstić information content (AvgIpc) is 2.65. The second-order valence-corrected chi connectivity index (χ2v) is 8.24. The van der Waals surface area contributed by atoms with Crippen LogP contribution in [-0.4, -0.2) is 38.8 Å². The number of carbonyl (C=O) groups excluding carboxylic acids is 1. The van der Waals surface area contributed by atoms with Crippen molar-refractivity contribution in [2.24, 2.45) is 0 Å². The highest BCUT2D eigenvalue weighted by molar-refractivity contribution is 7.89. The smallest absolute Gasteiger partial charge is 0.255 e. The lowest BCUT2D eigenvalue weighted by Gasteiger charge is -2.20. The maximum absolute atomic E-state index is 13.9. The molecule has 0 aliphatic heterocycles. The van der Waals surface area contributed by atoms with E-state index in [-0.39, 0.29) is 16.2 Å². The van der Waals surface area contributed by atoms with Gasteiger partial charge in [0.1, 0.15) is 0 Å². The molecule has 0 unspecified atom stereocenters. The standard InChI is InChI=1S/C20H25FN2O4S/c1-6-23(7-2)28(25,26)16-10-13(3)14(4)18(12-16)22-20(24)15-8-9-19(27-5)17(21)11-15/h8-12H,6-7H2,1-5H3,(H,22,24). The van der Waals surface area contributed by atoms with Crippen LogP contribution in [0.25, 0.3) is 0 Å². The van der Waals surface area contributed by atoms with E-state index >= 15 is 0 Å². The van der Waals surface area contributed by atoms with Crippen molar-refractivity contribution in [3.63, 3.8) is 0 Å². The van der Waals surface area contributed by atoms with E-state index in [0.29, 0.717) is 18.8 Å². The number of rotatable bonds is 7. The lowest BCUT2D eigenvalue weighted by atomic mass is 10.1. The van der Waals surface area contributed by atoms with E-state index in [1.54, 1.807) is 33.8 Å². The number of nitrogens with zero attached hydrogens (tertiary/aromatic N) is 1. The first-order chi connectivity index (χ1) is 13.1. The zero-order valence-corrected chi connectivity index (χ0v) is 17.5. The summed E-state index contributed by atoms with van der Waals surface area (Å²) in [5, 5.41) is 2.69. The highest BCUT2D eigenvalue weighted by Gasteiger charge is 2.23. The van der Waals surface area contributed by atoms with Crippen molar-refractivity contribution in [2.75, 3.05) is 25.5 Å². The molecule has 8 heteroatoms. The maximum atomic E-state index is 13.9. The number of methoxy groups -OCH3 is 1. The zero-order valence-electron chi connectivity index (χ0n) is 16.7. The van der Waals surface area contributed by atoms with Gasteiger partial charge in [0.2, 0.25) is 10.0 Å². The topological polar surface area (TPSA) is 75.7 Å². The van der Waals surface area contributed by atoms with Gasteiger partial charge in [-0.3, -0.25) is 4.79 Å². The van der Waals surface area contributed by atoms with Gasteiger partial charge in [0.25, 0.3) is 5.91 Å². The summed E-state index contributed by atoms with van der Waals surface area (Å²) in [5.74, 6) is -1.15. The number of hydrogen-bond acceptors (Lipinski definition) is 4. The fraction of sp³-hybridized carbons (Fsp3) is 0.350. The molecule has 0 saturated carbocycles. The minimum Gasteiger partial charge on any atom is -0.494 e. The van der Waals surface area contributed by atoms with Crippen LogP contribution < -0.4 is 10.1 Å². The van der Waals surface area contributed by atoms with Crippen molar-refractivity contribution in [1.82, 2.24) is 4.31 Å². The van der Waals surface area contributed by atoms with Gasteiger partial charge in [0.15, 0.2) is 11.6 Å². The van der Waals surface area contributed by atoms with Crippen molar-refractivity contribution in [3.8, 4) is 5.75 Å². The van der Waals surface area contributed by atoms with Gasteiger partial charge < -0.3 is 10.1 Å². The monoisotopic (exact) mass is 408 g/mol. The number of ether oxygens (including phenoxy) is 1. The Morgan fingerprint density at radius 2 is 1.79 bits per heavy atom. The molecule has 0 aliphatic carbocycles. The Balaban J connectivity index is 2.42. The molecule has 2 rings (SSSR count). The van der Waals surface area contributed by atoms with Crippen LogP contribution in [0.1, 0.15) is 35.3 Å². The van der Waals surface area contributed by atoms with Crippen LogP contribution in [0.5, 0.6) is 5.75 Å². The van der Waals surface area contributed by atoms with Crippen LogP contribution >= 0.6 is 0 Å². The third-order valence-corrected chi connectivity index (χ3v) is 6.67. The van der Waals surface area contributed by atoms with Gasteiger partial charge in [-0.05, 0) is 55.3 Å². The van der Waals surface area contributed by atoms with Crippen LogP contribution in [0.15, 0.2) is 35.2 Å². The lowest BCUT2D eigenvalue weighted by molar-refractivity contribution is 0.102. The SMILES string of the molecule is CCN(CC)S(=O)(=O)c1cc(C)c(C)c(NC(=O)c2ccc(OC)c(F)c2)c1. The first-order valence-corrected chi connectivity index (χ1v) is 10.4. The number of carbonyl (C=O) groups is 1. The number of nitrogens with one attached hydrogen (secondary N) is 1. The van der Waals surface area contributed by atoms with E-state index in [1.165, 1.54) is 29.6 Å². The van der Waals surface area contributed by atoms with Crippen molar-refractivity contribution in [1.29, 1.82) is 0 Å². The number of sulfonamides is 1. The Morgan fingerprint density at radius 3 is 2.32 bits per heavy atom. The highest BCUT2D eigenvalue weighted by Crippen LogP contribution is 2.27. The summed E-state index contributed by atoms with van der Waals surface area (Å²) in [5.41, 5.74) is 1.93. The maximum Gasteiger partial charge on any atom is 0.255 e. The van der Waals surface area contributed by atoms with Crippen LogP contribution in [0.4, 0.5) is 10.1 Å². The molecule has 0 fully saturated rings. The minimum atomic E-state index is -3.67. The normalized spacial score (nSPS) is 11.5. The van der Waals surface area contributed by atoms with Gasteiger partial charge in [-0.15, -0.1) is 0 Å². The molecule has 0 radical (unpaired) electrons. The lowest BCUT2D eigenvalue weighted by Crippen LogP contribution is -2.30. The summed E-state index contributed by atoms with van der Waals surface area (Å²) in [7, 11) is -2.33. The van der Waals surface area contributed by atoms with E-state index in [4.69, 9.17) is 4.74 Å². The van der Waals surface area contributed by atoms with E-state index in [1.807, 2.05) is 0 Å². The van der Waals surface area contributed by atoms with Crippen molar-refractivity contribution in [2.45, 2.75) is 32.6 Å². The summed E-state index contributed by atoms with van der Waals surface area (Å²) in [6.07, 6.45) is 0. The van der Waals surface area contributed by atoms with Gasteiger partial charge >= 0.3 is 0 Å². The Bertz CT molecular complexity index is 986. The molecule has 0 heterocycles. The van der Waals surface area contributed by atoms with Crippen LogP contribution in [0.2, 0.25) is 0 Å². The summed E-state index contributed by atoms with van der Waals surface area (Å²) >= 11 is 0. The Morgan fingerprint density at radius 1 is 1.14 bits per heavy atom. The predicted molar refractivity (Wildman–Crippen MR) is 107 cm³/mol. The quantitative estimate of drug-likeness (QED) is 0.757. The molecule has 0 aliphatic rings. The average molecular weight is 408 g/mol. The largest absolute Gasteiger partial charge is 0.494 e. The molecule has 0 bridgehead atoms. The first kappa shape index (κ1) is 21.8. The molecule has 2 aromatic rings. The van der Waals surface area contributed by atoms with Crippen LogP contribution in [-0.2, 0) is 10.0 Å². The molecule has 6 nitrogen and oxygen atoms in total. The first-order valence-electron chi connectivity index (χ1n) is 8.91. The summed E-state index contributed by atoms with van der Waals surface area (Å²) in [4.78, 5) is 12.7. The second kappa shape index (κ2) is 8.70. The Kier molecular flexibility index (Phi) is 6.79. The van der Waals surface area contributed by atoms with E-state index in [2.05, 4.69) is 5.32 Å². The van der Waals surface area contributed by atoms with E-state index in [0.717, 1.165) is 17.2 Å². The van der Waals surface area contributed by atoms with Crippen LogP contribution in [0, 0.1) is 19.7 Å². The molecule has 28 heavy (non-hydrogen) atoms. The number of amides is 1. The Labute approximate surface area is 165 Å². The molecular formula is C20H25FN2O4S. The van der Waals surface area contributed by atoms with Gasteiger partial charge in [-0.25, -0.2) is 12.8 Å². The van der Waals surface area contributed by atoms with Crippen molar-refractivity contribution >= 4 is 21.6 Å². The number of aryl methyl sites for hydroxylation is 1. The number of halogens is 1. The van der Waals surface area contributed by atoms with Crippen LogP contribution in [0.3, 0.4) is 0 Å². The zero-order chi connectivity index (χ0) is 21.1. The fourth-order valence-corrected chi connectivity index (χ4v) is 4.39. The molecule has 0 atom stereocenters. The third kappa shape index (κ3) is 4.34. The molecule has 0 aromatic heterocycles. The van der Waals surface area contributed by atoms with E-state index < -0.39 is 21.7 Å².